The van der Waals surface area contributed by atoms with Gasteiger partial charge in [-0.25, -0.2) is 14.4 Å². The van der Waals surface area contributed by atoms with Gasteiger partial charge in [0.2, 0.25) is 5.76 Å². The van der Waals surface area contributed by atoms with Crippen LogP contribution in [0, 0.1) is 0 Å². The summed E-state index contributed by atoms with van der Waals surface area (Å²) in [7, 11) is 2.50. The molecule has 31 heavy (non-hydrogen) atoms. The van der Waals surface area contributed by atoms with Crippen LogP contribution in [-0.2, 0) is 25.6 Å². The Morgan fingerprint density at radius 1 is 1.10 bits per heavy atom. The van der Waals surface area contributed by atoms with Crippen molar-refractivity contribution < 1.29 is 37.8 Å². The summed E-state index contributed by atoms with van der Waals surface area (Å²) in [4.78, 5) is 48.7. The zero-order valence-electron chi connectivity index (χ0n) is 17.0. The Bertz CT molecular complexity index is 1040. The van der Waals surface area contributed by atoms with Crippen molar-refractivity contribution in [2.75, 3.05) is 14.2 Å². The van der Waals surface area contributed by atoms with Gasteiger partial charge in [-0.2, -0.15) is 0 Å². The fourth-order valence-electron chi connectivity index (χ4n) is 2.77. The lowest BCUT2D eigenvalue weighted by atomic mass is 10.2. The molecule has 0 unspecified atom stereocenters. The number of hydrogen-bond acceptors (Lipinski definition) is 8. The Kier molecular flexibility index (Phi) is 6.39. The Labute approximate surface area is 177 Å². The van der Waals surface area contributed by atoms with Crippen molar-refractivity contribution in [1.29, 1.82) is 0 Å². The number of esters is 2. The number of carbonyl (C=O) groups excluding carboxylic acids is 4. The van der Waals surface area contributed by atoms with Crippen molar-refractivity contribution in [2.24, 2.45) is 0 Å². The van der Waals surface area contributed by atoms with Crippen molar-refractivity contribution in [2.45, 2.75) is 19.6 Å². The number of benzene rings is 1. The van der Waals surface area contributed by atoms with E-state index >= 15 is 0 Å². The average Bonchev–Trinajstić information content (AvgIpc) is 3.34. The van der Waals surface area contributed by atoms with Crippen LogP contribution in [0.2, 0.25) is 0 Å². The predicted octanol–water partition coefficient (Wildman–Crippen LogP) is 2.10. The van der Waals surface area contributed by atoms with E-state index in [2.05, 4.69) is 14.8 Å². The minimum absolute atomic E-state index is 0.0239. The SMILES string of the molecule is COC(=O)c1ccc(CN2C(=O)N/C(=C\c3ccc(O[C@H](C)C(=O)OC)cc3)C2=O)o1. The van der Waals surface area contributed by atoms with Crippen LogP contribution in [0.5, 0.6) is 5.75 Å². The van der Waals surface area contributed by atoms with Gasteiger partial charge in [-0.15, -0.1) is 0 Å². The van der Waals surface area contributed by atoms with Crippen LogP contribution in [0.15, 0.2) is 46.5 Å². The lowest BCUT2D eigenvalue weighted by Crippen LogP contribution is -2.30. The molecule has 0 bridgehead atoms. The van der Waals surface area contributed by atoms with Crippen LogP contribution in [0.25, 0.3) is 6.08 Å². The number of urea groups is 1. The molecule has 0 spiro atoms. The number of imide groups is 1. The maximum atomic E-state index is 12.6. The van der Waals surface area contributed by atoms with Gasteiger partial charge in [-0.1, -0.05) is 12.1 Å². The van der Waals surface area contributed by atoms with Gasteiger partial charge >= 0.3 is 18.0 Å². The van der Waals surface area contributed by atoms with Crippen LogP contribution in [0.4, 0.5) is 4.79 Å². The molecular weight excluding hydrogens is 408 g/mol. The second kappa shape index (κ2) is 9.16. The molecule has 1 saturated heterocycles. The third-order valence-corrected chi connectivity index (χ3v) is 4.36. The number of furan rings is 1. The topological polar surface area (TPSA) is 124 Å². The van der Waals surface area contributed by atoms with E-state index in [1.54, 1.807) is 31.2 Å². The van der Waals surface area contributed by atoms with Crippen molar-refractivity contribution in [3.05, 3.63) is 59.2 Å². The highest BCUT2D eigenvalue weighted by atomic mass is 16.6. The zero-order chi connectivity index (χ0) is 22.5. The molecular formula is C21H20N2O8. The van der Waals surface area contributed by atoms with Crippen molar-refractivity contribution >= 4 is 30.0 Å². The average molecular weight is 428 g/mol. The Balaban J connectivity index is 1.68. The summed E-state index contributed by atoms with van der Waals surface area (Å²) in [6, 6.07) is 8.88. The molecule has 1 aromatic carbocycles. The van der Waals surface area contributed by atoms with Gasteiger partial charge in [0.15, 0.2) is 6.10 Å². The van der Waals surface area contributed by atoms with E-state index in [0.717, 1.165) is 4.90 Å². The molecule has 10 nitrogen and oxygen atoms in total. The third kappa shape index (κ3) is 4.92. The number of hydrogen-bond donors (Lipinski definition) is 1. The summed E-state index contributed by atoms with van der Waals surface area (Å²) >= 11 is 0. The fraction of sp³-hybridized carbons (Fsp3) is 0.238. The highest BCUT2D eigenvalue weighted by molar-refractivity contribution is 6.13. The van der Waals surface area contributed by atoms with Crippen molar-refractivity contribution in [1.82, 2.24) is 10.2 Å². The summed E-state index contributed by atoms with van der Waals surface area (Å²) in [5, 5.41) is 2.51. The van der Waals surface area contributed by atoms with Gasteiger partial charge in [0.05, 0.1) is 20.8 Å². The van der Waals surface area contributed by atoms with Crippen LogP contribution in [-0.4, -0.2) is 49.1 Å². The monoisotopic (exact) mass is 428 g/mol. The molecule has 2 aromatic rings. The molecule has 0 aliphatic carbocycles. The minimum Gasteiger partial charge on any atom is -0.479 e. The second-order valence-corrected chi connectivity index (χ2v) is 6.49. The predicted molar refractivity (Wildman–Crippen MR) is 106 cm³/mol. The minimum atomic E-state index is -0.764. The molecule has 2 heterocycles. The molecule has 1 fully saturated rings. The lowest BCUT2D eigenvalue weighted by Gasteiger charge is -2.12. The molecule has 3 rings (SSSR count). The Morgan fingerprint density at radius 3 is 2.45 bits per heavy atom. The molecule has 1 aromatic heterocycles. The first-order valence-electron chi connectivity index (χ1n) is 9.18. The Morgan fingerprint density at radius 2 is 1.81 bits per heavy atom. The summed E-state index contributed by atoms with van der Waals surface area (Å²) in [5.41, 5.74) is 0.718. The number of rotatable bonds is 7. The number of nitrogens with zero attached hydrogens (tertiary/aromatic N) is 1. The van der Waals surface area contributed by atoms with Crippen LogP contribution < -0.4 is 10.1 Å². The van der Waals surface area contributed by atoms with Crippen LogP contribution in [0.3, 0.4) is 0 Å². The van der Waals surface area contributed by atoms with E-state index in [4.69, 9.17) is 9.15 Å². The summed E-state index contributed by atoms with van der Waals surface area (Å²) in [6.45, 7) is 1.42. The zero-order valence-corrected chi connectivity index (χ0v) is 17.0. The van der Waals surface area contributed by atoms with Crippen LogP contribution in [0.1, 0.15) is 28.8 Å². The maximum Gasteiger partial charge on any atom is 0.373 e. The van der Waals surface area contributed by atoms with Crippen LogP contribution >= 0.6 is 0 Å². The molecule has 1 aliphatic rings. The summed E-state index contributed by atoms with van der Waals surface area (Å²) in [5.74, 6) is -1.02. The second-order valence-electron chi connectivity index (χ2n) is 6.49. The molecule has 3 amide bonds. The standard InChI is InChI=1S/C21H20N2O8/c1-12(19(25)28-2)30-14-6-4-13(5-7-14)10-16-18(24)23(21(27)22-16)11-15-8-9-17(31-15)20(26)29-3/h4-10,12H,11H2,1-3H3,(H,22,27)/b16-10-/t12-/m1/s1. The first kappa shape index (κ1) is 21.6. The van der Waals surface area contributed by atoms with Crippen molar-refractivity contribution in [3.63, 3.8) is 0 Å². The van der Waals surface area contributed by atoms with E-state index < -0.39 is 30.0 Å². The van der Waals surface area contributed by atoms with Gasteiger partial charge in [-0.3, -0.25) is 9.69 Å². The number of amides is 3. The van der Waals surface area contributed by atoms with E-state index in [1.165, 1.54) is 32.4 Å². The lowest BCUT2D eigenvalue weighted by molar-refractivity contribution is -0.147. The van der Waals surface area contributed by atoms with Crippen molar-refractivity contribution in [3.8, 4) is 5.75 Å². The van der Waals surface area contributed by atoms with E-state index in [-0.39, 0.29) is 23.8 Å². The summed E-state index contributed by atoms with van der Waals surface area (Å²) in [6.07, 6.45) is 0.746. The normalized spacial score (nSPS) is 15.6. The Hall–Kier alpha value is -4.08. The smallest absolute Gasteiger partial charge is 0.373 e. The quantitative estimate of drug-likeness (QED) is 0.404. The number of ether oxygens (including phenoxy) is 3. The third-order valence-electron chi connectivity index (χ3n) is 4.36. The molecule has 10 heteroatoms. The molecule has 0 radical (unpaired) electrons. The molecule has 1 atom stereocenters. The summed E-state index contributed by atoms with van der Waals surface area (Å²) < 4.78 is 19.9. The maximum absolute atomic E-state index is 12.6. The largest absolute Gasteiger partial charge is 0.479 e. The molecule has 1 aliphatic heterocycles. The van der Waals surface area contributed by atoms with Gasteiger partial charge in [0.1, 0.15) is 17.2 Å². The highest BCUT2D eigenvalue weighted by Crippen LogP contribution is 2.20. The van der Waals surface area contributed by atoms with E-state index in [1.807, 2.05) is 0 Å². The highest BCUT2D eigenvalue weighted by Gasteiger charge is 2.34. The number of carbonyl (C=O) groups is 4. The van der Waals surface area contributed by atoms with Gasteiger partial charge < -0.3 is 23.9 Å². The van der Waals surface area contributed by atoms with E-state index in [0.29, 0.717) is 11.3 Å². The van der Waals surface area contributed by atoms with Gasteiger partial charge in [-0.05, 0) is 42.8 Å². The van der Waals surface area contributed by atoms with Gasteiger partial charge in [0.25, 0.3) is 5.91 Å². The van der Waals surface area contributed by atoms with Gasteiger partial charge in [0, 0.05) is 0 Å². The number of nitrogens with one attached hydrogen (secondary N) is 1. The molecule has 0 saturated carbocycles. The van der Waals surface area contributed by atoms with E-state index in [9.17, 15) is 19.2 Å². The molecule has 1 N–H and O–H groups in total. The molecule has 162 valence electrons. The first-order valence-corrected chi connectivity index (χ1v) is 9.18. The number of methoxy groups -OCH3 is 2. The fourth-order valence-corrected chi connectivity index (χ4v) is 2.77. The first-order chi connectivity index (χ1) is 14.8.